The third-order valence-electron chi connectivity index (χ3n) is 4.00. The Kier molecular flexibility index (Phi) is 7.79. The Balaban J connectivity index is 2.01. The van der Waals surface area contributed by atoms with Crippen LogP contribution < -0.4 is 25.3 Å². The van der Waals surface area contributed by atoms with Gasteiger partial charge in [0, 0.05) is 17.3 Å². The second kappa shape index (κ2) is 10.3. The van der Waals surface area contributed by atoms with Gasteiger partial charge < -0.3 is 25.3 Å². The topological polar surface area (TPSA) is 78.1 Å². The molecule has 0 aromatic heterocycles. The number of nitrogens with one attached hydrogen (secondary N) is 1. The Hall–Kier alpha value is -2.89. The van der Waals surface area contributed by atoms with Gasteiger partial charge in [-0.15, -0.1) is 0 Å². The SMILES string of the molecule is COc1ccc(NC(N)=NCc2ccccc2OCCC(C)C)cc1OC. The molecule has 0 radical (unpaired) electrons. The Labute approximate surface area is 161 Å². The molecule has 2 rings (SSSR count). The van der Waals surface area contributed by atoms with E-state index < -0.39 is 0 Å². The van der Waals surface area contributed by atoms with Gasteiger partial charge >= 0.3 is 0 Å². The number of aliphatic imine (C=N–C) groups is 1. The van der Waals surface area contributed by atoms with Gasteiger partial charge in [-0.2, -0.15) is 0 Å². The number of benzene rings is 2. The van der Waals surface area contributed by atoms with Gasteiger partial charge in [-0.3, -0.25) is 0 Å². The van der Waals surface area contributed by atoms with Gasteiger partial charge in [0.15, 0.2) is 17.5 Å². The van der Waals surface area contributed by atoms with Crippen molar-refractivity contribution in [1.82, 2.24) is 0 Å². The molecule has 6 heteroatoms. The van der Waals surface area contributed by atoms with Crippen molar-refractivity contribution in [2.24, 2.45) is 16.6 Å². The summed E-state index contributed by atoms with van der Waals surface area (Å²) in [6, 6.07) is 13.4. The van der Waals surface area contributed by atoms with E-state index in [-0.39, 0.29) is 0 Å². The molecule has 3 N–H and O–H groups in total. The van der Waals surface area contributed by atoms with E-state index in [0.717, 1.165) is 23.4 Å². The summed E-state index contributed by atoms with van der Waals surface area (Å²) in [5, 5.41) is 3.07. The lowest BCUT2D eigenvalue weighted by Crippen LogP contribution is -2.22. The van der Waals surface area contributed by atoms with Crippen LogP contribution in [-0.2, 0) is 6.54 Å². The summed E-state index contributed by atoms with van der Waals surface area (Å²) in [6.07, 6.45) is 1.01. The fraction of sp³-hybridized carbons (Fsp3) is 0.381. The van der Waals surface area contributed by atoms with Gasteiger partial charge in [-0.05, 0) is 30.5 Å². The van der Waals surface area contributed by atoms with Crippen LogP contribution in [-0.4, -0.2) is 26.8 Å². The van der Waals surface area contributed by atoms with Gasteiger partial charge in [-0.25, -0.2) is 4.99 Å². The number of para-hydroxylation sites is 1. The molecule has 0 aliphatic carbocycles. The first-order chi connectivity index (χ1) is 13.0. The standard InChI is InChI=1S/C21H29N3O3/c1-15(2)11-12-27-18-8-6-5-7-16(18)14-23-21(22)24-17-9-10-19(25-3)20(13-17)26-4/h5-10,13,15H,11-12,14H2,1-4H3,(H3,22,23,24). The molecule has 0 atom stereocenters. The molecular weight excluding hydrogens is 342 g/mol. The summed E-state index contributed by atoms with van der Waals surface area (Å²) < 4.78 is 16.4. The average molecular weight is 371 g/mol. The minimum atomic E-state index is 0.319. The van der Waals surface area contributed by atoms with Crippen molar-refractivity contribution >= 4 is 11.6 Å². The van der Waals surface area contributed by atoms with E-state index in [0.29, 0.717) is 36.5 Å². The van der Waals surface area contributed by atoms with E-state index in [1.807, 2.05) is 42.5 Å². The van der Waals surface area contributed by atoms with Crippen molar-refractivity contribution in [1.29, 1.82) is 0 Å². The zero-order valence-electron chi connectivity index (χ0n) is 16.5. The molecule has 0 aliphatic heterocycles. The number of hydrogen-bond donors (Lipinski definition) is 2. The lowest BCUT2D eigenvalue weighted by Gasteiger charge is -2.12. The minimum Gasteiger partial charge on any atom is -0.493 e. The molecule has 0 fully saturated rings. The maximum absolute atomic E-state index is 6.03. The molecule has 0 heterocycles. The highest BCUT2D eigenvalue weighted by Gasteiger charge is 2.06. The number of ether oxygens (including phenoxy) is 3. The second-order valence-corrected chi connectivity index (χ2v) is 6.53. The van der Waals surface area contributed by atoms with Crippen LogP contribution in [0.1, 0.15) is 25.8 Å². The van der Waals surface area contributed by atoms with E-state index in [2.05, 4.69) is 24.2 Å². The third-order valence-corrected chi connectivity index (χ3v) is 4.00. The van der Waals surface area contributed by atoms with Gasteiger partial charge in [0.05, 0.1) is 27.4 Å². The van der Waals surface area contributed by atoms with Crippen molar-refractivity contribution in [3.05, 3.63) is 48.0 Å². The van der Waals surface area contributed by atoms with E-state index in [9.17, 15) is 0 Å². The first-order valence-electron chi connectivity index (χ1n) is 9.03. The summed E-state index contributed by atoms with van der Waals surface area (Å²) in [5.74, 6) is 3.06. The smallest absolute Gasteiger partial charge is 0.193 e. The van der Waals surface area contributed by atoms with E-state index in [1.165, 1.54) is 0 Å². The van der Waals surface area contributed by atoms with Crippen LogP contribution in [0, 0.1) is 5.92 Å². The lowest BCUT2D eigenvalue weighted by atomic mass is 10.1. The van der Waals surface area contributed by atoms with Crippen LogP contribution in [0.5, 0.6) is 17.2 Å². The predicted molar refractivity (Wildman–Crippen MR) is 110 cm³/mol. The van der Waals surface area contributed by atoms with Gasteiger partial charge in [0.1, 0.15) is 5.75 Å². The number of guanidine groups is 1. The monoisotopic (exact) mass is 371 g/mol. The molecule has 2 aromatic carbocycles. The van der Waals surface area contributed by atoms with Crippen molar-refractivity contribution in [2.45, 2.75) is 26.8 Å². The lowest BCUT2D eigenvalue weighted by molar-refractivity contribution is 0.287. The van der Waals surface area contributed by atoms with Gasteiger partial charge in [0.25, 0.3) is 0 Å². The molecule has 27 heavy (non-hydrogen) atoms. The first-order valence-corrected chi connectivity index (χ1v) is 9.03. The highest BCUT2D eigenvalue weighted by molar-refractivity contribution is 5.92. The number of nitrogens with two attached hydrogens (primary N) is 1. The molecule has 146 valence electrons. The fourth-order valence-electron chi connectivity index (χ4n) is 2.45. The number of methoxy groups -OCH3 is 2. The molecule has 0 amide bonds. The number of nitrogens with zero attached hydrogens (tertiary/aromatic N) is 1. The van der Waals surface area contributed by atoms with Crippen LogP contribution in [0.25, 0.3) is 0 Å². The zero-order chi connectivity index (χ0) is 19.6. The molecule has 0 aliphatic rings. The number of hydrogen-bond acceptors (Lipinski definition) is 4. The normalized spacial score (nSPS) is 11.4. The minimum absolute atomic E-state index is 0.319. The predicted octanol–water partition coefficient (Wildman–Crippen LogP) is 4.06. The van der Waals surface area contributed by atoms with Gasteiger partial charge in [0.2, 0.25) is 0 Å². The molecule has 0 saturated carbocycles. The molecule has 6 nitrogen and oxygen atoms in total. The molecule has 0 unspecified atom stereocenters. The number of rotatable bonds is 9. The van der Waals surface area contributed by atoms with Crippen molar-refractivity contribution in [3.8, 4) is 17.2 Å². The summed E-state index contributed by atoms with van der Waals surface area (Å²) in [7, 11) is 3.19. The summed E-state index contributed by atoms with van der Waals surface area (Å²) in [6.45, 7) is 5.49. The van der Waals surface area contributed by atoms with Crippen molar-refractivity contribution < 1.29 is 14.2 Å². The molecule has 0 bridgehead atoms. The molecule has 0 saturated heterocycles. The highest BCUT2D eigenvalue weighted by Crippen LogP contribution is 2.29. The molecular formula is C21H29N3O3. The first kappa shape index (κ1) is 20.4. The van der Waals surface area contributed by atoms with Crippen LogP contribution in [0.2, 0.25) is 0 Å². The van der Waals surface area contributed by atoms with E-state index in [1.54, 1.807) is 14.2 Å². The maximum atomic E-state index is 6.03. The van der Waals surface area contributed by atoms with Gasteiger partial charge in [-0.1, -0.05) is 32.0 Å². The Morgan fingerprint density at radius 3 is 2.48 bits per heavy atom. The Morgan fingerprint density at radius 1 is 1.04 bits per heavy atom. The number of anilines is 1. The Bertz CT molecular complexity index is 760. The fourth-order valence-corrected chi connectivity index (χ4v) is 2.45. The van der Waals surface area contributed by atoms with E-state index >= 15 is 0 Å². The van der Waals surface area contributed by atoms with Crippen LogP contribution in [0.3, 0.4) is 0 Å². The third kappa shape index (κ3) is 6.40. The zero-order valence-corrected chi connectivity index (χ0v) is 16.5. The second-order valence-electron chi connectivity index (χ2n) is 6.53. The summed E-state index contributed by atoms with van der Waals surface area (Å²) in [5.41, 5.74) is 7.80. The summed E-state index contributed by atoms with van der Waals surface area (Å²) >= 11 is 0. The van der Waals surface area contributed by atoms with Crippen molar-refractivity contribution in [3.63, 3.8) is 0 Å². The average Bonchev–Trinajstić information content (AvgIpc) is 2.66. The largest absolute Gasteiger partial charge is 0.493 e. The quantitative estimate of drug-likeness (QED) is 0.513. The maximum Gasteiger partial charge on any atom is 0.193 e. The van der Waals surface area contributed by atoms with E-state index in [4.69, 9.17) is 19.9 Å². The summed E-state index contributed by atoms with van der Waals surface area (Å²) in [4.78, 5) is 4.42. The molecule has 2 aromatic rings. The van der Waals surface area contributed by atoms with Crippen LogP contribution in [0.4, 0.5) is 5.69 Å². The van der Waals surface area contributed by atoms with Crippen LogP contribution >= 0.6 is 0 Å². The highest BCUT2D eigenvalue weighted by atomic mass is 16.5. The molecule has 0 spiro atoms. The van der Waals surface area contributed by atoms with Crippen LogP contribution in [0.15, 0.2) is 47.5 Å². The van der Waals surface area contributed by atoms with Crippen molar-refractivity contribution in [2.75, 3.05) is 26.1 Å². The Morgan fingerprint density at radius 2 is 1.78 bits per heavy atom.